The second-order valence-electron chi connectivity index (χ2n) is 8.86. The van der Waals surface area contributed by atoms with Gasteiger partial charge in [-0.1, -0.05) is 36.4 Å². The summed E-state index contributed by atoms with van der Waals surface area (Å²) in [7, 11) is 1.30. The molecule has 0 amide bonds. The second-order valence-corrected chi connectivity index (χ2v) is 8.86. The maximum absolute atomic E-state index is 9.44. The second kappa shape index (κ2) is 7.31. The SMILES string of the molecule is COc1cc(/C=C2\CCc3c(B4OC(C)(C)C(C)(C)O4)cccc32)ccc1CO. The first-order valence-corrected chi connectivity index (χ1v) is 10.2. The highest BCUT2D eigenvalue weighted by molar-refractivity contribution is 6.62. The Labute approximate surface area is 173 Å². The molecule has 0 spiro atoms. The van der Waals surface area contributed by atoms with E-state index in [1.807, 2.05) is 18.2 Å². The van der Waals surface area contributed by atoms with Crippen LogP contribution in [0.4, 0.5) is 0 Å². The van der Waals surface area contributed by atoms with Crippen LogP contribution >= 0.6 is 0 Å². The molecule has 0 aromatic heterocycles. The Kier molecular flexibility index (Phi) is 5.10. The largest absolute Gasteiger partial charge is 0.496 e. The van der Waals surface area contributed by atoms with E-state index in [1.54, 1.807) is 7.11 Å². The van der Waals surface area contributed by atoms with E-state index in [4.69, 9.17) is 14.0 Å². The van der Waals surface area contributed by atoms with Gasteiger partial charge in [-0.15, -0.1) is 0 Å². The van der Waals surface area contributed by atoms with Crippen molar-refractivity contribution in [3.8, 4) is 5.75 Å². The van der Waals surface area contributed by atoms with Gasteiger partial charge in [0.1, 0.15) is 5.75 Å². The van der Waals surface area contributed by atoms with Gasteiger partial charge in [0.15, 0.2) is 0 Å². The molecule has 2 aromatic rings. The molecule has 1 saturated heterocycles. The molecule has 4 rings (SSSR count). The lowest BCUT2D eigenvalue weighted by molar-refractivity contribution is 0.00578. The van der Waals surface area contributed by atoms with Crippen molar-refractivity contribution in [2.24, 2.45) is 0 Å². The predicted octanol–water partition coefficient (Wildman–Crippen LogP) is 3.97. The number of aliphatic hydroxyl groups excluding tert-OH is 1. The molecule has 5 heteroatoms. The third kappa shape index (κ3) is 3.52. The van der Waals surface area contributed by atoms with Gasteiger partial charge in [0.05, 0.1) is 24.9 Å². The summed E-state index contributed by atoms with van der Waals surface area (Å²) in [4.78, 5) is 0. The number of hydrogen-bond donors (Lipinski definition) is 1. The minimum absolute atomic E-state index is 0.0275. The average Bonchev–Trinajstić information content (AvgIpc) is 3.19. The number of aliphatic hydroxyl groups is 1. The summed E-state index contributed by atoms with van der Waals surface area (Å²) in [6.07, 6.45) is 4.17. The molecule has 1 fully saturated rings. The van der Waals surface area contributed by atoms with Crippen LogP contribution in [0.15, 0.2) is 36.4 Å². The van der Waals surface area contributed by atoms with E-state index in [-0.39, 0.29) is 24.9 Å². The van der Waals surface area contributed by atoms with Gasteiger partial charge in [-0.25, -0.2) is 0 Å². The van der Waals surface area contributed by atoms with E-state index in [0.29, 0.717) is 5.75 Å². The Balaban J connectivity index is 1.68. The highest BCUT2D eigenvalue weighted by Crippen LogP contribution is 2.39. The zero-order valence-corrected chi connectivity index (χ0v) is 17.9. The molecule has 2 aromatic carbocycles. The molecule has 29 heavy (non-hydrogen) atoms. The number of ether oxygens (including phenoxy) is 1. The lowest BCUT2D eigenvalue weighted by Gasteiger charge is -2.32. The van der Waals surface area contributed by atoms with Crippen LogP contribution in [0.3, 0.4) is 0 Å². The standard InChI is InChI=1S/C24H29BO4/c1-23(2)24(3,4)29-25(28-23)21-8-6-7-19-17(11-12-20(19)21)13-16-9-10-18(15-26)22(14-16)27-5/h6-10,13-14,26H,11-12,15H2,1-5H3/b17-13+. The van der Waals surface area contributed by atoms with Crippen LogP contribution in [-0.4, -0.2) is 30.5 Å². The lowest BCUT2D eigenvalue weighted by atomic mass is 9.75. The fourth-order valence-corrected chi connectivity index (χ4v) is 4.10. The Morgan fingerprint density at radius 2 is 1.79 bits per heavy atom. The van der Waals surface area contributed by atoms with Crippen molar-refractivity contribution >= 4 is 24.2 Å². The van der Waals surface area contributed by atoms with E-state index < -0.39 is 0 Å². The maximum atomic E-state index is 9.44. The van der Waals surface area contributed by atoms with Gasteiger partial charge < -0.3 is 19.2 Å². The van der Waals surface area contributed by atoms with E-state index in [0.717, 1.165) is 29.4 Å². The molecule has 2 aliphatic rings. The summed E-state index contributed by atoms with van der Waals surface area (Å²) in [5, 5.41) is 9.44. The van der Waals surface area contributed by atoms with Crippen LogP contribution in [0.25, 0.3) is 11.6 Å². The number of allylic oxidation sites excluding steroid dienone is 1. The van der Waals surface area contributed by atoms with Crippen molar-refractivity contribution in [1.29, 1.82) is 0 Å². The van der Waals surface area contributed by atoms with Crippen LogP contribution in [-0.2, 0) is 22.3 Å². The highest BCUT2D eigenvalue weighted by Gasteiger charge is 2.52. The molecular weight excluding hydrogens is 363 g/mol. The summed E-state index contributed by atoms with van der Waals surface area (Å²) < 4.78 is 18.0. The monoisotopic (exact) mass is 392 g/mol. The van der Waals surface area contributed by atoms with Crippen molar-refractivity contribution in [2.75, 3.05) is 7.11 Å². The zero-order valence-electron chi connectivity index (χ0n) is 17.9. The first-order chi connectivity index (χ1) is 13.8. The average molecular weight is 392 g/mol. The van der Waals surface area contributed by atoms with Gasteiger partial charge in [-0.05, 0) is 74.3 Å². The quantitative estimate of drug-likeness (QED) is 0.800. The molecular formula is C24H29BO4. The third-order valence-corrected chi connectivity index (χ3v) is 6.53. The zero-order chi connectivity index (χ0) is 20.8. The Bertz CT molecular complexity index is 945. The number of rotatable bonds is 4. The first-order valence-electron chi connectivity index (χ1n) is 10.2. The first kappa shape index (κ1) is 20.2. The van der Waals surface area contributed by atoms with Crippen LogP contribution in [0.1, 0.15) is 56.4 Å². The van der Waals surface area contributed by atoms with E-state index in [2.05, 4.69) is 52.0 Å². The maximum Gasteiger partial charge on any atom is 0.495 e. The topological polar surface area (TPSA) is 47.9 Å². The van der Waals surface area contributed by atoms with Gasteiger partial charge in [0.2, 0.25) is 0 Å². The Morgan fingerprint density at radius 3 is 2.45 bits per heavy atom. The molecule has 1 N–H and O–H groups in total. The third-order valence-electron chi connectivity index (χ3n) is 6.53. The number of methoxy groups -OCH3 is 1. The smallest absolute Gasteiger partial charge is 0.495 e. The molecule has 0 radical (unpaired) electrons. The van der Waals surface area contributed by atoms with Crippen molar-refractivity contribution < 1.29 is 19.2 Å². The summed E-state index contributed by atoms with van der Waals surface area (Å²) in [6.45, 7) is 8.33. The summed E-state index contributed by atoms with van der Waals surface area (Å²) in [6, 6.07) is 12.3. The lowest BCUT2D eigenvalue weighted by Crippen LogP contribution is -2.41. The van der Waals surface area contributed by atoms with Crippen molar-refractivity contribution in [2.45, 2.75) is 58.3 Å². The molecule has 1 aliphatic carbocycles. The minimum atomic E-state index is -0.345. The minimum Gasteiger partial charge on any atom is -0.496 e. The Hall–Kier alpha value is -2.08. The van der Waals surface area contributed by atoms with Crippen LogP contribution in [0.5, 0.6) is 5.75 Å². The van der Waals surface area contributed by atoms with Crippen molar-refractivity contribution in [1.82, 2.24) is 0 Å². The number of hydrogen-bond acceptors (Lipinski definition) is 4. The molecule has 152 valence electrons. The number of fused-ring (bicyclic) bond motifs is 1. The fraction of sp³-hybridized carbons (Fsp3) is 0.417. The van der Waals surface area contributed by atoms with Gasteiger partial charge in [0, 0.05) is 5.56 Å². The van der Waals surface area contributed by atoms with E-state index in [9.17, 15) is 5.11 Å². The summed E-state index contributed by atoms with van der Waals surface area (Å²) in [5.41, 5.74) is 6.20. The van der Waals surface area contributed by atoms with Gasteiger partial charge in [0.25, 0.3) is 0 Å². The van der Waals surface area contributed by atoms with E-state index in [1.165, 1.54) is 16.7 Å². The molecule has 4 nitrogen and oxygen atoms in total. The normalized spacial score (nSPS) is 20.9. The van der Waals surface area contributed by atoms with Crippen LogP contribution in [0.2, 0.25) is 0 Å². The molecule has 0 saturated carbocycles. The summed E-state index contributed by atoms with van der Waals surface area (Å²) in [5.74, 6) is 0.714. The molecule has 0 atom stereocenters. The summed E-state index contributed by atoms with van der Waals surface area (Å²) >= 11 is 0. The molecule has 0 unspecified atom stereocenters. The van der Waals surface area contributed by atoms with Gasteiger partial charge in [-0.3, -0.25) is 0 Å². The molecule has 1 heterocycles. The van der Waals surface area contributed by atoms with E-state index >= 15 is 0 Å². The predicted molar refractivity (Wildman–Crippen MR) is 117 cm³/mol. The van der Waals surface area contributed by atoms with Gasteiger partial charge in [-0.2, -0.15) is 0 Å². The number of benzene rings is 2. The van der Waals surface area contributed by atoms with Gasteiger partial charge >= 0.3 is 7.12 Å². The molecule has 0 bridgehead atoms. The molecule has 1 aliphatic heterocycles. The van der Waals surface area contributed by atoms with Crippen molar-refractivity contribution in [3.05, 3.63) is 58.7 Å². The van der Waals surface area contributed by atoms with Crippen molar-refractivity contribution in [3.63, 3.8) is 0 Å². The van der Waals surface area contributed by atoms with Crippen LogP contribution in [0, 0.1) is 0 Å². The van der Waals surface area contributed by atoms with Crippen LogP contribution < -0.4 is 10.2 Å². The highest BCUT2D eigenvalue weighted by atomic mass is 16.7. The fourth-order valence-electron chi connectivity index (χ4n) is 4.10. The Morgan fingerprint density at radius 1 is 1.07 bits per heavy atom.